The SMILES string of the molecule is COc1cccc([C@@H]2C[C@H]2CNC(=O)C(N)=O)c1. The van der Waals surface area contributed by atoms with E-state index in [4.69, 9.17) is 10.5 Å². The summed E-state index contributed by atoms with van der Waals surface area (Å²) in [4.78, 5) is 21.6. The number of benzene rings is 1. The monoisotopic (exact) mass is 248 g/mol. The van der Waals surface area contributed by atoms with Gasteiger partial charge in [0.2, 0.25) is 0 Å². The predicted molar refractivity (Wildman–Crippen MR) is 66.0 cm³/mol. The van der Waals surface area contributed by atoms with Crippen LogP contribution >= 0.6 is 0 Å². The number of nitrogens with one attached hydrogen (secondary N) is 1. The lowest BCUT2D eigenvalue weighted by Gasteiger charge is -2.04. The molecule has 3 N–H and O–H groups in total. The van der Waals surface area contributed by atoms with E-state index in [1.165, 1.54) is 5.56 Å². The molecule has 0 saturated heterocycles. The standard InChI is InChI=1S/C13H16N2O3/c1-18-10-4-2-3-8(5-10)11-6-9(11)7-15-13(17)12(14)16/h2-5,9,11H,6-7H2,1H3,(H2,14,16)(H,15,17)/t9-,11-/m0/s1. The number of hydrogen-bond donors (Lipinski definition) is 2. The highest BCUT2D eigenvalue weighted by Crippen LogP contribution is 2.47. The molecule has 1 fully saturated rings. The summed E-state index contributed by atoms with van der Waals surface area (Å²) in [6, 6.07) is 7.89. The van der Waals surface area contributed by atoms with Crippen molar-refractivity contribution in [1.82, 2.24) is 5.32 Å². The minimum Gasteiger partial charge on any atom is -0.497 e. The molecule has 0 unspecified atom stereocenters. The number of primary amides is 1. The maximum atomic E-state index is 11.0. The van der Waals surface area contributed by atoms with Gasteiger partial charge < -0.3 is 15.8 Å². The molecule has 0 aromatic heterocycles. The van der Waals surface area contributed by atoms with E-state index in [-0.39, 0.29) is 0 Å². The molecule has 1 saturated carbocycles. The van der Waals surface area contributed by atoms with Crippen molar-refractivity contribution in [3.8, 4) is 5.75 Å². The smallest absolute Gasteiger partial charge is 0.309 e. The Bertz CT molecular complexity index is 473. The fourth-order valence-electron chi connectivity index (χ4n) is 2.06. The number of carbonyl (C=O) groups is 2. The van der Waals surface area contributed by atoms with Crippen molar-refractivity contribution in [2.75, 3.05) is 13.7 Å². The van der Waals surface area contributed by atoms with Crippen LogP contribution in [0.25, 0.3) is 0 Å². The molecule has 0 bridgehead atoms. The van der Waals surface area contributed by atoms with Gasteiger partial charge in [0.05, 0.1) is 7.11 Å². The highest BCUT2D eigenvalue weighted by Gasteiger charge is 2.38. The van der Waals surface area contributed by atoms with Crippen LogP contribution in [0.3, 0.4) is 0 Å². The molecule has 1 aliphatic rings. The molecule has 0 spiro atoms. The lowest BCUT2D eigenvalue weighted by molar-refractivity contribution is -0.137. The largest absolute Gasteiger partial charge is 0.497 e. The second-order valence-electron chi connectivity index (χ2n) is 4.45. The first-order valence-electron chi connectivity index (χ1n) is 5.83. The Balaban J connectivity index is 1.87. The van der Waals surface area contributed by atoms with Gasteiger partial charge in [0.25, 0.3) is 0 Å². The average Bonchev–Trinajstić information content (AvgIpc) is 3.15. The van der Waals surface area contributed by atoms with Crippen molar-refractivity contribution in [2.24, 2.45) is 11.7 Å². The van der Waals surface area contributed by atoms with Crippen LogP contribution in [0.2, 0.25) is 0 Å². The summed E-state index contributed by atoms with van der Waals surface area (Å²) in [6.45, 7) is 0.490. The maximum absolute atomic E-state index is 11.0. The predicted octanol–water partition coefficient (Wildman–Crippen LogP) is 0.400. The third-order valence-electron chi connectivity index (χ3n) is 3.19. The van der Waals surface area contributed by atoms with Gasteiger partial charge >= 0.3 is 11.8 Å². The van der Waals surface area contributed by atoms with Gasteiger partial charge in [-0.15, -0.1) is 0 Å². The Kier molecular flexibility index (Phi) is 3.50. The average molecular weight is 248 g/mol. The summed E-state index contributed by atoms with van der Waals surface area (Å²) in [6.07, 6.45) is 1.01. The Hall–Kier alpha value is -2.04. The van der Waals surface area contributed by atoms with Crippen LogP contribution in [0.1, 0.15) is 17.9 Å². The molecule has 0 aliphatic heterocycles. The molecular formula is C13H16N2O3. The molecule has 1 aromatic carbocycles. The van der Waals surface area contributed by atoms with E-state index < -0.39 is 11.8 Å². The third kappa shape index (κ3) is 2.80. The summed E-state index contributed by atoms with van der Waals surface area (Å²) in [5.41, 5.74) is 6.06. The van der Waals surface area contributed by atoms with E-state index in [1.807, 2.05) is 24.3 Å². The van der Waals surface area contributed by atoms with Crippen LogP contribution in [-0.2, 0) is 9.59 Å². The summed E-state index contributed by atoms with van der Waals surface area (Å²) < 4.78 is 5.17. The van der Waals surface area contributed by atoms with Crippen molar-refractivity contribution in [3.05, 3.63) is 29.8 Å². The first-order chi connectivity index (χ1) is 8.61. The first-order valence-corrected chi connectivity index (χ1v) is 5.83. The summed E-state index contributed by atoms with van der Waals surface area (Å²) >= 11 is 0. The summed E-state index contributed by atoms with van der Waals surface area (Å²) in [7, 11) is 1.64. The van der Waals surface area contributed by atoms with E-state index in [1.54, 1.807) is 7.11 Å². The van der Waals surface area contributed by atoms with Crippen LogP contribution < -0.4 is 15.8 Å². The van der Waals surface area contributed by atoms with E-state index in [0.717, 1.165) is 12.2 Å². The number of rotatable bonds is 4. The second kappa shape index (κ2) is 5.08. The molecular weight excluding hydrogens is 232 g/mol. The van der Waals surface area contributed by atoms with Crippen LogP contribution in [-0.4, -0.2) is 25.5 Å². The summed E-state index contributed by atoms with van der Waals surface area (Å²) in [5.74, 6) is -0.0205. The zero-order valence-corrected chi connectivity index (χ0v) is 10.2. The lowest BCUT2D eigenvalue weighted by Crippen LogP contribution is -2.37. The van der Waals surface area contributed by atoms with Crippen LogP contribution in [0.15, 0.2) is 24.3 Å². The van der Waals surface area contributed by atoms with Gasteiger partial charge in [-0.2, -0.15) is 0 Å². The maximum Gasteiger partial charge on any atom is 0.309 e. The molecule has 5 heteroatoms. The first kappa shape index (κ1) is 12.4. The molecule has 2 rings (SSSR count). The highest BCUT2D eigenvalue weighted by atomic mass is 16.5. The van der Waals surface area contributed by atoms with Gasteiger partial charge in [-0.3, -0.25) is 9.59 Å². The molecule has 1 aromatic rings. The number of methoxy groups -OCH3 is 1. The van der Waals surface area contributed by atoms with Crippen molar-refractivity contribution < 1.29 is 14.3 Å². The van der Waals surface area contributed by atoms with Gasteiger partial charge in [-0.25, -0.2) is 0 Å². The molecule has 2 amide bonds. The van der Waals surface area contributed by atoms with Crippen LogP contribution in [0.5, 0.6) is 5.75 Å². The molecule has 18 heavy (non-hydrogen) atoms. The molecule has 96 valence electrons. The molecule has 0 heterocycles. The van der Waals surface area contributed by atoms with Crippen LogP contribution in [0.4, 0.5) is 0 Å². The fourth-order valence-corrected chi connectivity index (χ4v) is 2.06. The molecule has 0 radical (unpaired) electrons. The Labute approximate surface area is 105 Å². The van der Waals surface area contributed by atoms with Crippen LogP contribution in [0, 0.1) is 5.92 Å². The zero-order chi connectivity index (χ0) is 13.1. The van der Waals surface area contributed by atoms with Gasteiger partial charge in [-0.1, -0.05) is 12.1 Å². The van der Waals surface area contributed by atoms with Crippen molar-refractivity contribution >= 4 is 11.8 Å². The summed E-state index contributed by atoms with van der Waals surface area (Å²) in [5, 5.41) is 2.53. The van der Waals surface area contributed by atoms with E-state index in [9.17, 15) is 9.59 Å². The number of carbonyl (C=O) groups excluding carboxylic acids is 2. The normalized spacial score (nSPS) is 21.2. The van der Waals surface area contributed by atoms with E-state index >= 15 is 0 Å². The van der Waals surface area contributed by atoms with E-state index in [2.05, 4.69) is 5.32 Å². The number of hydrogen-bond acceptors (Lipinski definition) is 3. The molecule has 2 atom stereocenters. The van der Waals surface area contributed by atoms with Crippen molar-refractivity contribution in [2.45, 2.75) is 12.3 Å². The quantitative estimate of drug-likeness (QED) is 0.757. The number of amides is 2. The minimum atomic E-state index is -0.936. The lowest BCUT2D eigenvalue weighted by atomic mass is 10.1. The topological polar surface area (TPSA) is 81.4 Å². The van der Waals surface area contributed by atoms with Gasteiger partial charge in [0.1, 0.15) is 5.75 Å². The third-order valence-corrected chi connectivity index (χ3v) is 3.19. The Morgan fingerprint density at radius 2 is 2.28 bits per heavy atom. The van der Waals surface area contributed by atoms with Gasteiger partial charge in [-0.05, 0) is 36.0 Å². The molecule has 5 nitrogen and oxygen atoms in total. The second-order valence-corrected chi connectivity index (χ2v) is 4.45. The fraction of sp³-hybridized carbons (Fsp3) is 0.385. The highest BCUT2D eigenvalue weighted by molar-refractivity contribution is 6.34. The Morgan fingerprint density at radius 1 is 1.50 bits per heavy atom. The van der Waals surface area contributed by atoms with Gasteiger partial charge in [0, 0.05) is 6.54 Å². The van der Waals surface area contributed by atoms with Crippen molar-refractivity contribution in [1.29, 1.82) is 0 Å². The van der Waals surface area contributed by atoms with E-state index in [0.29, 0.717) is 18.4 Å². The molecule has 1 aliphatic carbocycles. The zero-order valence-electron chi connectivity index (χ0n) is 10.2. The van der Waals surface area contributed by atoms with Crippen molar-refractivity contribution in [3.63, 3.8) is 0 Å². The number of nitrogens with two attached hydrogens (primary N) is 1. The van der Waals surface area contributed by atoms with Gasteiger partial charge in [0.15, 0.2) is 0 Å². The minimum absolute atomic E-state index is 0.375. The Morgan fingerprint density at radius 3 is 2.94 bits per heavy atom. The number of ether oxygens (including phenoxy) is 1.